The van der Waals surface area contributed by atoms with Crippen LogP contribution in [0.2, 0.25) is 0 Å². The SMILES string of the molecule is Cc1ccc(NC(=O)c2cccc(OC(F)(F)F)c2)cc1-c1cc(C)c2c(N)n[nH]c2n1. The van der Waals surface area contributed by atoms with Crippen molar-refractivity contribution >= 4 is 28.4 Å². The van der Waals surface area contributed by atoms with E-state index in [9.17, 15) is 18.0 Å². The van der Waals surface area contributed by atoms with Crippen molar-refractivity contribution in [2.45, 2.75) is 20.2 Å². The summed E-state index contributed by atoms with van der Waals surface area (Å²) in [7, 11) is 0. The van der Waals surface area contributed by atoms with Gasteiger partial charge in [-0.3, -0.25) is 9.89 Å². The zero-order chi connectivity index (χ0) is 23.0. The van der Waals surface area contributed by atoms with Crippen LogP contribution in [-0.4, -0.2) is 27.5 Å². The number of nitrogen functional groups attached to an aromatic ring is 1. The maximum atomic E-state index is 12.6. The van der Waals surface area contributed by atoms with Gasteiger partial charge in [0.1, 0.15) is 5.75 Å². The molecule has 0 saturated carbocycles. The van der Waals surface area contributed by atoms with Gasteiger partial charge in [0.2, 0.25) is 0 Å². The van der Waals surface area contributed by atoms with Crippen molar-refractivity contribution < 1.29 is 22.7 Å². The van der Waals surface area contributed by atoms with Gasteiger partial charge in [-0.25, -0.2) is 4.98 Å². The molecule has 4 rings (SSSR count). The van der Waals surface area contributed by atoms with Crippen molar-refractivity contribution in [1.82, 2.24) is 15.2 Å². The summed E-state index contributed by atoms with van der Waals surface area (Å²) in [5, 5.41) is 10.2. The van der Waals surface area contributed by atoms with Gasteiger partial charge in [0.15, 0.2) is 11.5 Å². The molecule has 1 amide bonds. The molecule has 2 aromatic carbocycles. The highest BCUT2D eigenvalue weighted by Gasteiger charge is 2.31. The number of pyridine rings is 1. The maximum absolute atomic E-state index is 12.6. The molecule has 10 heteroatoms. The van der Waals surface area contributed by atoms with Crippen LogP contribution in [0.15, 0.2) is 48.5 Å². The lowest BCUT2D eigenvalue weighted by Crippen LogP contribution is -2.18. The number of aryl methyl sites for hydroxylation is 2. The van der Waals surface area contributed by atoms with Crippen LogP contribution in [-0.2, 0) is 0 Å². The zero-order valence-electron chi connectivity index (χ0n) is 17.0. The van der Waals surface area contributed by atoms with Crippen LogP contribution >= 0.6 is 0 Å². The molecule has 0 spiro atoms. The smallest absolute Gasteiger partial charge is 0.406 e. The third-order valence-corrected chi connectivity index (χ3v) is 4.86. The Morgan fingerprint density at radius 2 is 1.88 bits per heavy atom. The minimum Gasteiger partial charge on any atom is -0.406 e. The molecule has 4 N–H and O–H groups in total. The second-order valence-electron chi connectivity index (χ2n) is 7.22. The Hall–Kier alpha value is -4.08. The maximum Gasteiger partial charge on any atom is 0.573 e. The summed E-state index contributed by atoms with van der Waals surface area (Å²) in [5.41, 5.74) is 10.2. The number of amides is 1. The number of nitrogens with two attached hydrogens (primary N) is 1. The van der Waals surface area contributed by atoms with Gasteiger partial charge in [-0.05, 0) is 61.4 Å². The number of aromatic amines is 1. The van der Waals surface area contributed by atoms with E-state index in [1.807, 2.05) is 26.0 Å². The highest BCUT2D eigenvalue weighted by Crippen LogP contribution is 2.30. The first kappa shape index (κ1) is 21.2. The third kappa shape index (κ3) is 4.34. The van der Waals surface area contributed by atoms with Crippen LogP contribution in [0.3, 0.4) is 0 Å². The minimum absolute atomic E-state index is 0.0252. The van der Waals surface area contributed by atoms with Gasteiger partial charge in [0.25, 0.3) is 5.91 Å². The van der Waals surface area contributed by atoms with E-state index < -0.39 is 18.0 Å². The monoisotopic (exact) mass is 441 g/mol. The molecule has 32 heavy (non-hydrogen) atoms. The molecule has 4 aromatic rings. The second kappa shape index (κ2) is 7.88. The molecular weight excluding hydrogens is 423 g/mol. The number of rotatable bonds is 4. The highest BCUT2D eigenvalue weighted by atomic mass is 19.4. The van der Waals surface area contributed by atoms with Crippen LogP contribution in [0.4, 0.5) is 24.7 Å². The van der Waals surface area contributed by atoms with E-state index in [0.29, 0.717) is 22.8 Å². The average molecular weight is 441 g/mol. The largest absolute Gasteiger partial charge is 0.573 e. The van der Waals surface area contributed by atoms with Crippen LogP contribution < -0.4 is 15.8 Å². The number of fused-ring (bicyclic) bond motifs is 1. The quantitative estimate of drug-likeness (QED) is 0.414. The zero-order valence-corrected chi connectivity index (χ0v) is 17.0. The summed E-state index contributed by atoms with van der Waals surface area (Å²) in [6.07, 6.45) is -4.84. The molecule has 0 atom stereocenters. The van der Waals surface area contributed by atoms with Crippen molar-refractivity contribution in [3.8, 4) is 17.0 Å². The van der Waals surface area contributed by atoms with Crippen molar-refractivity contribution in [2.75, 3.05) is 11.1 Å². The van der Waals surface area contributed by atoms with E-state index in [1.165, 1.54) is 12.1 Å². The molecule has 0 radical (unpaired) electrons. The highest BCUT2D eigenvalue weighted by molar-refractivity contribution is 6.04. The number of ether oxygens (including phenoxy) is 1. The Labute approximate surface area is 180 Å². The fourth-order valence-electron chi connectivity index (χ4n) is 3.40. The molecule has 0 unspecified atom stereocenters. The standard InChI is InChI=1S/C22H18F3N5O2/c1-11-6-7-14(27-21(31)13-4-3-5-15(9-13)32-22(23,24)25)10-16(11)17-8-12(2)18-19(26)29-30-20(18)28-17/h3-10H,1-2H3,(H,27,31)(H3,26,28,29,30). The second-order valence-corrected chi connectivity index (χ2v) is 7.22. The molecule has 2 aromatic heterocycles. The van der Waals surface area contributed by atoms with Crippen LogP contribution in [0.5, 0.6) is 5.75 Å². The fraction of sp³-hybridized carbons (Fsp3) is 0.136. The van der Waals surface area contributed by atoms with Crippen molar-refractivity contribution in [1.29, 1.82) is 0 Å². The van der Waals surface area contributed by atoms with E-state index in [4.69, 9.17) is 5.73 Å². The molecule has 0 aliphatic heterocycles. The summed E-state index contributed by atoms with van der Waals surface area (Å²) in [6.45, 7) is 3.80. The Kier molecular flexibility index (Phi) is 5.21. The number of hydrogen-bond donors (Lipinski definition) is 3. The fourth-order valence-corrected chi connectivity index (χ4v) is 3.40. The van der Waals surface area contributed by atoms with Crippen molar-refractivity contribution in [3.05, 3.63) is 65.2 Å². The molecule has 164 valence electrons. The van der Waals surface area contributed by atoms with E-state index in [0.717, 1.165) is 34.2 Å². The Balaban J connectivity index is 1.62. The lowest BCUT2D eigenvalue weighted by atomic mass is 10.0. The summed E-state index contributed by atoms with van der Waals surface area (Å²) in [4.78, 5) is 17.2. The van der Waals surface area contributed by atoms with Crippen molar-refractivity contribution in [3.63, 3.8) is 0 Å². The molecule has 0 fully saturated rings. The van der Waals surface area contributed by atoms with Gasteiger partial charge in [-0.2, -0.15) is 5.10 Å². The van der Waals surface area contributed by atoms with Gasteiger partial charge in [-0.15, -0.1) is 13.2 Å². The molecule has 0 bridgehead atoms. The Morgan fingerprint density at radius 1 is 1.09 bits per heavy atom. The van der Waals surface area contributed by atoms with E-state index in [1.54, 1.807) is 12.1 Å². The number of aromatic nitrogens is 3. The Bertz CT molecular complexity index is 1330. The summed E-state index contributed by atoms with van der Waals surface area (Å²) in [6, 6.07) is 12.0. The van der Waals surface area contributed by atoms with Gasteiger partial charge in [-0.1, -0.05) is 12.1 Å². The predicted molar refractivity (Wildman–Crippen MR) is 114 cm³/mol. The Morgan fingerprint density at radius 3 is 2.62 bits per heavy atom. The number of carbonyl (C=O) groups is 1. The number of alkyl halides is 3. The summed E-state index contributed by atoms with van der Waals surface area (Å²) < 4.78 is 41.2. The van der Waals surface area contributed by atoms with Gasteiger partial charge < -0.3 is 15.8 Å². The van der Waals surface area contributed by atoms with E-state index >= 15 is 0 Å². The van der Waals surface area contributed by atoms with Gasteiger partial charge in [0, 0.05) is 16.8 Å². The predicted octanol–water partition coefficient (Wildman–Crippen LogP) is 4.97. The molecule has 7 nitrogen and oxygen atoms in total. The molecule has 2 heterocycles. The summed E-state index contributed by atoms with van der Waals surface area (Å²) >= 11 is 0. The number of benzene rings is 2. The normalized spacial score (nSPS) is 11.5. The molecule has 0 aliphatic rings. The number of anilines is 2. The average Bonchev–Trinajstić information content (AvgIpc) is 3.09. The minimum atomic E-state index is -4.84. The number of carbonyl (C=O) groups excluding carboxylic acids is 1. The third-order valence-electron chi connectivity index (χ3n) is 4.86. The molecule has 0 aliphatic carbocycles. The number of nitrogens with one attached hydrogen (secondary N) is 2. The molecular formula is C22H18F3N5O2. The lowest BCUT2D eigenvalue weighted by Gasteiger charge is -2.12. The van der Waals surface area contributed by atoms with E-state index in [2.05, 4.69) is 25.2 Å². The first-order valence-electron chi connectivity index (χ1n) is 9.50. The first-order valence-corrected chi connectivity index (χ1v) is 9.50. The molecule has 0 saturated heterocycles. The topological polar surface area (TPSA) is 106 Å². The van der Waals surface area contributed by atoms with Crippen LogP contribution in [0, 0.1) is 13.8 Å². The van der Waals surface area contributed by atoms with Crippen molar-refractivity contribution in [2.24, 2.45) is 0 Å². The van der Waals surface area contributed by atoms with E-state index in [-0.39, 0.29) is 5.56 Å². The van der Waals surface area contributed by atoms with Crippen LogP contribution in [0.25, 0.3) is 22.3 Å². The number of hydrogen-bond acceptors (Lipinski definition) is 5. The first-order chi connectivity index (χ1) is 15.1. The number of H-pyrrole nitrogens is 1. The lowest BCUT2D eigenvalue weighted by molar-refractivity contribution is -0.274. The number of nitrogens with zero attached hydrogens (tertiary/aromatic N) is 2. The van der Waals surface area contributed by atoms with Crippen LogP contribution in [0.1, 0.15) is 21.5 Å². The van der Waals surface area contributed by atoms with Gasteiger partial charge >= 0.3 is 6.36 Å². The summed E-state index contributed by atoms with van der Waals surface area (Å²) in [5.74, 6) is -0.680. The van der Waals surface area contributed by atoms with Gasteiger partial charge in [0.05, 0.1) is 11.1 Å². The number of halogens is 3.